The average molecular weight is 430 g/mol. The Kier molecular flexibility index (Phi) is 6.58. The van der Waals surface area contributed by atoms with Gasteiger partial charge in [-0.05, 0) is 62.1 Å². The van der Waals surface area contributed by atoms with E-state index in [1.807, 2.05) is 19.1 Å². The van der Waals surface area contributed by atoms with Gasteiger partial charge in [0.1, 0.15) is 0 Å². The fourth-order valence-electron chi connectivity index (χ4n) is 3.57. The van der Waals surface area contributed by atoms with Crippen molar-refractivity contribution in [2.45, 2.75) is 44.6 Å². The summed E-state index contributed by atoms with van der Waals surface area (Å²) >= 11 is 0. The van der Waals surface area contributed by atoms with Crippen LogP contribution in [0.25, 0.3) is 0 Å². The summed E-state index contributed by atoms with van der Waals surface area (Å²) in [7, 11) is -3.56. The van der Waals surface area contributed by atoms with Crippen molar-refractivity contribution in [1.82, 2.24) is 9.62 Å². The van der Waals surface area contributed by atoms with Crippen LogP contribution in [0.4, 0.5) is 5.69 Å². The maximum atomic E-state index is 13.0. The predicted molar refractivity (Wildman–Crippen MR) is 116 cm³/mol. The van der Waals surface area contributed by atoms with E-state index in [4.69, 9.17) is 0 Å². The van der Waals surface area contributed by atoms with E-state index >= 15 is 0 Å². The Morgan fingerprint density at radius 1 is 1.03 bits per heavy atom. The summed E-state index contributed by atoms with van der Waals surface area (Å²) in [6, 6.07) is 12.1. The summed E-state index contributed by atoms with van der Waals surface area (Å²) < 4.78 is 27.6. The van der Waals surface area contributed by atoms with Gasteiger partial charge < -0.3 is 10.6 Å². The molecule has 1 saturated heterocycles. The molecule has 8 heteroatoms. The molecule has 2 aromatic carbocycles. The molecule has 0 aliphatic carbocycles. The Balaban J connectivity index is 1.62. The van der Waals surface area contributed by atoms with Crippen molar-refractivity contribution in [2.75, 3.05) is 18.4 Å². The van der Waals surface area contributed by atoms with Gasteiger partial charge in [-0.15, -0.1) is 0 Å². The minimum Gasteiger partial charge on any atom is -0.349 e. The van der Waals surface area contributed by atoms with E-state index in [0.717, 1.165) is 11.1 Å². The lowest BCUT2D eigenvalue weighted by molar-refractivity contribution is -0.114. The second-order valence-corrected chi connectivity index (χ2v) is 9.59. The Morgan fingerprint density at radius 3 is 2.40 bits per heavy atom. The summed E-state index contributed by atoms with van der Waals surface area (Å²) in [5.74, 6) is -0.442. The number of rotatable bonds is 5. The number of hydrogen-bond acceptors (Lipinski definition) is 4. The summed E-state index contributed by atoms with van der Waals surface area (Å²) in [5, 5.41) is 5.63. The molecule has 0 unspecified atom stereocenters. The molecule has 2 amide bonds. The Hall–Kier alpha value is -2.71. The van der Waals surface area contributed by atoms with Crippen molar-refractivity contribution in [2.24, 2.45) is 0 Å². The van der Waals surface area contributed by atoms with Gasteiger partial charge in [-0.25, -0.2) is 8.42 Å². The Bertz CT molecular complexity index is 1060. The first-order chi connectivity index (χ1) is 14.2. The minimum atomic E-state index is -3.56. The zero-order valence-electron chi connectivity index (χ0n) is 17.4. The molecule has 30 heavy (non-hydrogen) atoms. The largest absolute Gasteiger partial charge is 0.349 e. The second kappa shape index (κ2) is 8.97. The first-order valence-electron chi connectivity index (χ1n) is 9.93. The molecule has 0 bridgehead atoms. The molecule has 0 radical (unpaired) electrons. The van der Waals surface area contributed by atoms with Gasteiger partial charge in [-0.1, -0.05) is 18.2 Å². The maximum Gasteiger partial charge on any atom is 0.251 e. The number of hydrogen-bond donors (Lipinski definition) is 2. The predicted octanol–water partition coefficient (Wildman–Crippen LogP) is 2.84. The topological polar surface area (TPSA) is 95.6 Å². The SMILES string of the molecule is CC(=O)Nc1cccc(C(=O)NC2CCN(S(=O)(=O)c3cc(C)ccc3C)CC2)c1. The van der Waals surface area contributed by atoms with Crippen LogP contribution in [-0.2, 0) is 14.8 Å². The van der Waals surface area contributed by atoms with E-state index in [-0.39, 0.29) is 17.9 Å². The molecule has 160 valence electrons. The van der Waals surface area contributed by atoms with Crippen LogP contribution in [0.3, 0.4) is 0 Å². The molecular weight excluding hydrogens is 402 g/mol. The maximum absolute atomic E-state index is 13.0. The molecule has 1 heterocycles. The number of piperidine rings is 1. The second-order valence-electron chi connectivity index (χ2n) is 7.68. The van der Waals surface area contributed by atoms with Gasteiger partial charge in [0.2, 0.25) is 15.9 Å². The van der Waals surface area contributed by atoms with Gasteiger partial charge >= 0.3 is 0 Å². The third-order valence-electron chi connectivity index (χ3n) is 5.20. The fourth-order valence-corrected chi connectivity index (χ4v) is 5.35. The van der Waals surface area contributed by atoms with Gasteiger partial charge in [0.25, 0.3) is 5.91 Å². The number of nitrogens with one attached hydrogen (secondary N) is 2. The summed E-state index contributed by atoms with van der Waals surface area (Å²) in [4.78, 5) is 24.1. The van der Waals surface area contributed by atoms with Crippen LogP contribution in [0.5, 0.6) is 0 Å². The van der Waals surface area contributed by atoms with Crippen molar-refractivity contribution in [3.05, 3.63) is 59.2 Å². The van der Waals surface area contributed by atoms with E-state index in [1.54, 1.807) is 37.3 Å². The molecule has 0 aromatic heterocycles. The summed E-state index contributed by atoms with van der Waals surface area (Å²) in [6.07, 6.45) is 1.09. The van der Waals surface area contributed by atoms with Crippen LogP contribution in [0.2, 0.25) is 0 Å². The van der Waals surface area contributed by atoms with E-state index in [1.165, 1.54) is 11.2 Å². The van der Waals surface area contributed by atoms with Crippen LogP contribution in [0.1, 0.15) is 41.3 Å². The average Bonchev–Trinajstić information content (AvgIpc) is 2.70. The van der Waals surface area contributed by atoms with Crippen molar-refractivity contribution in [3.63, 3.8) is 0 Å². The smallest absolute Gasteiger partial charge is 0.251 e. The number of anilines is 1. The normalized spacial score (nSPS) is 15.6. The van der Waals surface area contributed by atoms with Crippen LogP contribution >= 0.6 is 0 Å². The molecule has 0 atom stereocenters. The summed E-state index contributed by atoms with van der Waals surface area (Å²) in [6.45, 7) is 5.79. The molecule has 0 spiro atoms. The quantitative estimate of drug-likeness (QED) is 0.764. The van der Waals surface area contributed by atoms with Gasteiger partial charge in [-0.3, -0.25) is 9.59 Å². The third kappa shape index (κ3) is 5.06. The number of carbonyl (C=O) groups excluding carboxylic acids is 2. The van der Waals surface area contributed by atoms with Crippen LogP contribution < -0.4 is 10.6 Å². The molecule has 3 rings (SSSR count). The molecule has 2 aromatic rings. The molecule has 0 saturated carbocycles. The Labute approximate surface area is 177 Å². The summed E-state index contributed by atoms with van der Waals surface area (Å²) in [5.41, 5.74) is 2.65. The van der Waals surface area contributed by atoms with Gasteiger partial charge in [0, 0.05) is 37.3 Å². The molecule has 7 nitrogen and oxygen atoms in total. The lowest BCUT2D eigenvalue weighted by Crippen LogP contribution is -2.46. The van der Waals surface area contributed by atoms with Gasteiger partial charge in [0.05, 0.1) is 4.90 Å². The van der Waals surface area contributed by atoms with Gasteiger partial charge in [0.15, 0.2) is 0 Å². The van der Waals surface area contributed by atoms with Crippen molar-refractivity contribution < 1.29 is 18.0 Å². The number of benzene rings is 2. The molecule has 2 N–H and O–H groups in total. The highest BCUT2D eigenvalue weighted by molar-refractivity contribution is 7.89. The van der Waals surface area contributed by atoms with Crippen LogP contribution in [0.15, 0.2) is 47.4 Å². The number of amides is 2. The van der Waals surface area contributed by atoms with Crippen LogP contribution in [-0.4, -0.2) is 43.7 Å². The number of nitrogens with zero attached hydrogens (tertiary/aromatic N) is 1. The highest BCUT2D eigenvalue weighted by Crippen LogP contribution is 2.24. The zero-order chi connectivity index (χ0) is 21.9. The number of sulfonamides is 1. The molecular formula is C22H27N3O4S. The van der Waals surface area contributed by atoms with Crippen molar-refractivity contribution in [3.8, 4) is 0 Å². The Morgan fingerprint density at radius 2 is 1.73 bits per heavy atom. The minimum absolute atomic E-state index is 0.105. The number of aryl methyl sites for hydroxylation is 2. The van der Waals surface area contributed by atoms with E-state index in [2.05, 4.69) is 10.6 Å². The van der Waals surface area contributed by atoms with Crippen molar-refractivity contribution in [1.29, 1.82) is 0 Å². The van der Waals surface area contributed by atoms with E-state index in [9.17, 15) is 18.0 Å². The lowest BCUT2D eigenvalue weighted by Gasteiger charge is -2.32. The molecule has 1 aliphatic heterocycles. The van der Waals surface area contributed by atoms with Crippen LogP contribution in [0, 0.1) is 13.8 Å². The standard InChI is InChI=1S/C22H27N3O4S/c1-15-7-8-16(2)21(13-15)30(28,29)25-11-9-19(10-12-25)24-22(27)18-5-4-6-20(14-18)23-17(3)26/h4-8,13-14,19H,9-12H2,1-3H3,(H,23,26)(H,24,27). The first kappa shape index (κ1) is 22.0. The lowest BCUT2D eigenvalue weighted by atomic mass is 10.1. The first-order valence-corrected chi connectivity index (χ1v) is 11.4. The third-order valence-corrected chi connectivity index (χ3v) is 7.24. The van der Waals surface area contributed by atoms with Gasteiger partial charge in [-0.2, -0.15) is 4.31 Å². The van der Waals surface area contributed by atoms with E-state index < -0.39 is 10.0 Å². The van der Waals surface area contributed by atoms with E-state index in [0.29, 0.717) is 42.1 Å². The molecule has 1 aliphatic rings. The fraction of sp³-hybridized carbons (Fsp3) is 0.364. The molecule has 1 fully saturated rings. The van der Waals surface area contributed by atoms with Crippen molar-refractivity contribution >= 4 is 27.5 Å². The highest BCUT2D eigenvalue weighted by Gasteiger charge is 2.31. The monoisotopic (exact) mass is 429 g/mol. The number of carbonyl (C=O) groups is 2. The zero-order valence-corrected chi connectivity index (χ0v) is 18.3. The highest BCUT2D eigenvalue weighted by atomic mass is 32.2.